The Morgan fingerprint density at radius 1 is 1.11 bits per heavy atom. The minimum absolute atomic E-state index is 0.0603. The SMILES string of the molecule is Cc1ccc2c(c1)C(=O)N(CCC(=O)N1CC[C@@H](C)Sc3ccccc31)C2=O. The lowest BCUT2D eigenvalue weighted by atomic mass is 10.1. The molecule has 0 N–H and O–H groups in total. The first-order chi connectivity index (χ1) is 13.5. The molecule has 0 aliphatic carbocycles. The quantitative estimate of drug-likeness (QED) is 0.741. The van der Waals surface area contributed by atoms with Crippen LogP contribution in [0.15, 0.2) is 47.4 Å². The topological polar surface area (TPSA) is 57.7 Å². The highest BCUT2D eigenvalue weighted by atomic mass is 32.2. The van der Waals surface area contributed by atoms with Crippen LogP contribution in [-0.4, -0.2) is 41.0 Å². The third-order valence-electron chi connectivity index (χ3n) is 5.22. The van der Waals surface area contributed by atoms with Crippen LogP contribution in [0, 0.1) is 6.92 Å². The van der Waals surface area contributed by atoms with E-state index in [1.807, 2.05) is 37.3 Å². The highest BCUT2D eigenvalue weighted by Gasteiger charge is 2.36. The fourth-order valence-corrected chi connectivity index (χ4v) is 4.81. The van der Waals surface area contributed by atoms with Gasteiger partial charge in [0.1, 0.15) is 0 Å². The summed E-state index contributed by atoms with van der Waals surface area (Å²) in [4.78, 5) is 42.3. The second-order valence-corrected chi connectivity index (χ2v) is 8.77. The molecule has 2 aromatic rings. The fourth-order valence-electron chi connectivity index (χ4n) is 3.70. The molecule has 0 unspecified atom stereocenters. The molecule has 0 aromatic heterocycles. The number of anilines is 1. The summed E-state index contributed by atoms with van der Waals surface area (Å²) in [5, 5.41) is 0.429. The Kier molecular flexibility index (Phi) is 4.98. The third kappa shape index (κ3) is 3.33. The minimum Gasteiger partial charge on any atom is -0.311 e. The van der Waals surface area contributed by atoms with Gasteiger partial charge in [0.2, 0.25) is 5.91 Å². The van der Waals surface area contributed by atoms with Gasteiger partial charge in [-0.05, 0) is 37.6 Å². The third-order valence-corrected chi connectivity index (χ3v) is 6.46. The number of para-hydroxylation sites is 1. The molecular weight excluding hydrogens is 372 g/mol. The van der Waals surface area contributed by atoms with Gasteiger partial charge in [-0.1, -0.05) is 30.7 Å². The number of imide groups is 1. The molecule has 2 aliphatic heterocycles. The molecule has 5 nitrogen and oxygen atoms in total. The van der Waals surface area contributed by atoms with E-state index in [-0.39, 0.29) is 30.7 Å². The second-order valence-electron chi connectivity index (χ2n) is 7.29. The van der Waals surface area contributed by atoms with Crippen molar-refractivity contribution in [3.63, 3.8) is 0 Å². The van der Waals surface area contributed by atoms with Crippen LogP contribution in [0.3, 0.4) is 0 Å². The summed E-state index contributed by atoms with van der Waals surface area (Å²) in [5.74, 6) is -0.680. The van der Waals surface area contributed by atoms with E-state index in [1.54, 1.807) is 28.8 Å². The van der Waals surface area contributed by atoms with Gasteiger partial charge in [0.15, 0.2) is 0 Å². The molecule has 0 saturated carbocycles. The summed E-state index contributed by atoms with van der Waals surface area (Å²) < 4.78 is 0. The van der Waals surface area contributed by atoms with Crippen molar-refractivity contribution < 1.29 is 14.4 Å². The number of hydrogen-bond acceptors (Lipinski definition) is 4. The van der Waals surface area contributed by atoms with Crippen LogP contribution in [0.25, 0.3) is 0 Å². The van der Waals surface area contributed by atoms with Gasteiger partial charge in [0.05, 0.1) is 16.8 Å². The summed E-state index contributed by atoms with van der Waals surface area (Å²) in [6.07, 6.45) is 1.02. The average Bonchev–Trinajstić information content (AvgIpc) is 2.81. The number of benzene rings is 2. The zero-order valence-electron chi connectivity index (χ0n) is 16.0. The molecule has 0 radical (unpaired) electrons. The molecule has 0 bridgehead atoms. The number of amides is 3. The lowest BCUT2D eigenvalue weighted by Gasteiger charge is -2.23. The van der Waals surface area contributed by atoms with E-state index in [4.69, 9.17) is 0 Å². The highest BCUT2D eigenvalue weighted by Crippen LogP contribution is 2.37. The zero-order chi connectivity index (χ0) is 19.8. The molecule has 1 atom stereocenters. The van der Waals surface area contributed by atoms with Gasteiger partial charge >= 0.3 is 0 Å². The van der Waals surface area contributed by atoms with Gasteiger partial charge in [-0.3, -0.25) is 19.3 Å². The van der Waals surface area contributed by atoms with Gasteiger partial charge in [0.25, 0.3) is 11.8 Å². The Labute approximate surface area is 168 Å². The van der Waals surface area contributed by atoms with Crippen LogP contribution < -0.4 is 4.90 Å². The number of aryl methyl sites for hydroxylation is 1. The predicted octanol–water partition coefficient (Wildman–Crippen LogP) is 3.90. The number of rotatable bonds is 3. The number of carbonyl (C=O) groups is 3. The Bertz CT molecular complexity index is 972. The lowest BCUT2D eigenvalue weighted by Crippen LogP contribution is -2.37. The van der Waals surface area contributed by atoms with Crippen LogP contribution in [0.1, 0.15) is 46.0 Å². The second kappa shape index (κ2) is 7.43. The van der Waals surface area contributed by atoms with E-state index in [0.717, 1.165) is 22.6 Å². The van der Waals surface area contributed by atoms with Crippen LogP contribution in [-0.2, 0) is 4.79 Å². The highest BCUT2D eigenvalue weighted by molar-refractivity contribution is 8.00. The monoisotopic (exact) mass is 394 g/mol. The maximum atomic E-state index is 13.0. The number of nitrogens with zero attached hydrogens (tertiary/aromatic N) is 2. The van der Waals surface area contributed by atoms with E-state index >= 15 is 0 Å². The summed E-state index contributed by atoms with van der Waals surface area (Å²) in [5.41, 5.74) is 2.71. The zero-order valence-corrected chi connectivity index (χ0v) is 16.8. The van der Waals surface area contributed by atoms with Crippen molar-refractivity contribution in [3.8, 4) is 0 Å². The van der Waals surface area contributed by atoms with Crippen molar-refractivity contribution >= 4 is 35.2 Å². The Morgan fingerprint density at radius 3 is 2.68 bits per heavy atom. The van der Waals surface area contributed by atoms with Gasteiger partial charge in [-0.15, -0.1) is 11.8 Å². The van der Waals surface area contributed by atoms with Crippen LogP contribution in [0.4, 0.5) is 5.69 Å². The van der Waals surface area contributed by atoms with E-state index in [9.17, 15) is 14.4 Å². The summed E-state index contributed by atoms with van der Waals surface area (Å²) in [6, 6.07) is 13.2. The van der Waals surface area contributed by atoms with Crippen molar-refractivity contribution in [2.24, 2.45) is 0 Å². The molecule has 0 fully saturated rings. The first kappa shape index (κ1) is 18.7. The molecule has 0 spiro atoms. The molecule has 2 aromatic carbocycles. The smallest absolute Gasteiger partial charge is 0.261 e. The minimum atomic E-state index is -0.312. The van der Waals surface area contributed by atoms with Crippen molar-refractivity contribution in [2.75, 3.05) is 18.0 Å². The number of thioether (sulfide) groups is 1. The normalized spacial score (nSPS) is 18.7. The first-order valence-corrected chi connectivity index (χ1v) is 10.4. The molecule has 3 amide bonds. The van der Waals surface area contributed by atoms with Gasteiger partial charge in [0, 0.05) is 29.7 Å². The van der Waals surface area contributed by atoms with E-state index in [1.165, 1.54) is 4.90 Å². The molecule has 28 heavy (non-hydrogen) atoms. The molecule has 0 saturated heterocycles. The van der Waals surface area contributed by atoms with Crippen molar-refractivity contribution in [3.05, 3.63) is 59.2 Å². The van der Waals surface area contributed by atoms with Gasteiger partial charge in [-0.25, -0.2) is 0 Å². The molecule has 2 aliphatic rings. The Balaban J connectivity index is 1.50. The van der Waals surface area contributed by atoms with E-state index in [0.29, 0.717) is 22.9 Å². The first-order valence-electron chi connectivity index (χ1n) is 9.48. The average molecular weight is 394 g/mol. The summed E-state index contributed by atoms with van der Waals surface area (Å²) in [7, 11) is 0. The molecule has 6 heteroatoms. The molecular formula is C22H22N2O3S. The summed E-state index contributed by atoms with van der Waals surface area (Å²) >= 11 is 1.78. The number of hydrogen-bond donors (Lipinski definition) is 0. The molecule has 4 rings (SSSR count). The van der Waals surface area contributed by atoms with Gasteiger partial charge < -0.3 is 4.90 Å². The standard InChI is InChI=1S/C22H22N2O3S/c1-14-7-8-16-17(13-14)22(27)24(21(16)26)12-10-20(25)23-11-9-15(2)28-19-6-4-3-5-18(19)23/h3-8,13,15H,9-12H2,1-2H3/t15-/m1/s1. The molecule has 144 valence electrons. The molecule has 2 heterocycles. The van der Waals surface area contributed by atoms with Crippen molar-refractivity contribution in [1.29, 1.82) is 0 Å². The van der Waals surface area contributed by atoms with Crippen molar-refractivity contribution in [2.45, 2.75) is 36.8 Å². The predicted molar refractivity (Wildman–Crippen MR) is 110 cm³/mol. The lowest BCUT2D eigenvalue weighted by molar-refractivity contribution is -0.118. The van der Waals surface area contributed by atoms with Gasteiger partial charge in [-0.2, -0.15) is 0 Å². The van der Waals surface area contributed by atoms with Crippen molar-refractivity contribution in [1.82, 2.24) is 4.90 Å². The Morgan fingerprint density at radius 2 is 1.86 bits per heavy atom. The van der Waals surface area contributed by atoms with Crippen LogP contribution in [0.5, 0.6) is 0 Å². The van der Waals surface area contributed by atoms with Crippen LogP contribution >= 0.6 is 11.8 Å². The Hall–Kier alpha value is -2.60. The summed E-state index contributed by atoms with van der Waals surface area (Å²) in [6.45, 7) is 4.80. The maximum absolute atomic E-state index is 13.0. The van der Waals surface area contributed by atoms with Crippen LogP contribution in [0.2, 0.25) is 0 Å². The largest absolute Gasteiger partial charge is 0.311 e. The number of carbonyl (C=O) groups excluding carboxylic acids is 3. The van der Waals surface area contributed by atoms with E-state index in [2.05, 4.69) is 6.92 Å². The maximum Gasteiger partial charge on any atom is 0.261 e. The fraction of sp³-hybridized carbons (Fsp3) is 0.318. The number of fused-ring (bicyclic) bond motifs is 2. The van der Waals surface area contributed by atoms with E-state index < -0.39 is 0 Å².